The van der Waals surface area contributed by atoms with Gasteiger partial charge < -0.3 is 9.64 Å². The Morgan fingerprint density at radius 1 is 0.966 bits per heavy atom. The molecule has 1 fully saturated rings. The van der Waals surface area contributed by atoms with Gasteiger partial charge in [0.1, 0.15) is 5.75 Å². The molecule has 2 aromatic carbocycles. The van der Waals surface area contributed by atoms with Crippen LogP contribution in [-0.2, 0) is 14.8 Å². The summed E-state index contributed by atoms with van der Waals surface area (Å²) in [4.78, 5) is 25.4. The maximum atomic E-state index is 12.7. The number of amides is 1. The minimum absolute atomic E-state index is 0.0425. The Morgan fingerprint density at radius 3 is 2.10 bits per heavy atom. The summed E-state index contributed by atoms with van der Waals surface area (Å²) in [5.41, 5.74) is 0.571. The molecule has 0 aromatic heterocycles. The van der Waals surface area contributed by atoms with Crippen LogP contribution in [0.3, 0.4) is 0 Å². The third-order valence-corrected chi connectivity index (χ3v) is 6.83. The monoisotopic (exact) mass is 436 g/mol. The summed E-state index contributed by atoms with van der Waals surface area (Å²) in [7, 11) is -3.62. The van der Waals surface area contributed by atoms with Gasteiger partial charge in [0.05, 0.1) is 4.90 Å². The number of hydrogen-bond acceptors (Lipinski definition) is 5. The van der Waals surface area contributed by atoms with E-state index in [1.807, 2.05) is 0 Å². The van der Waals surface area contributed by atoms with Crippen LogP contribution >= 0.6 is 11.6 Å². The maximum Gasteiger partial charge on any atom is 0.260 e. The number of carbonyl (C=O) groups is 2. The van der Waals surface area contributed by atoms with Crippen molar-refractivity contribution in [2.24, 2.45) is 0 Å². The van der Waals surface area contributed by atoms with Gasteiger partial charge in [0.25, 0.3) is 5.91 Å². The van der Waals surface area contributed by atoms with Crippen molar-refractivity contribution in [1.29, 1.82) is 0 Å². The normalized spacial score (nSPS) is 15.2. The van der Waals surface area contributed by atoms with Crippen molar-refractivity contribution in [1.82, 2.24) is 9.21 Å². The highest BCUT2D eigenvalue weighted by Crippen LogP contribution is 2.20. The average Bonchev–Trinajstić information content (AvgIpc) is 2.72. The van der Waals surface area contributed by atoms with Crippen molar-refractivity contribution in [2.45, 2.75) is 11.8 Å². The Morgan fingerprint density at radius 2 is 1.55 bits per heavy atom. The first-order valence-electron chi connectivity index (χ1n) is 9.04. The second kappa shape index (κ2) is 8.94. The van der Waals surface area contributed by atoms with E-state index in [-0.39, 0.29) is 49.4 Å². The molecule has 29 heavy (non-hydrogen) atoms. The summed E-state index contributed by atoms with van der Waals surface area (Å²) in [5.74, 6) is 0.232. The lowest BCUT2D eigenvalue weighted by Crippen LogP contribution is -2.51. The number of piperazine rings is 1. The third-order valence-electron chi connectivity index (χ3n) is 4.67. The third kappa shape index (κ3) is 5.14. The van der Waals surface area contributed by atoms with Gasteiger partial charge in [-0.1, -0.05) is 11.6 Å². The molecule has 9 heteroatoms. The molecule has 0 saturated carbocycles. The Bertz CT molecular complexity index is 983. The van der Waals surface area contributed by atoms with E-state index in [0.29, 0.717) is 16.3 Å². The zero-order valence-corrected chi connectivity index (χ0v) is 17.4. The van der Waals surface area contributed by atoms with Crippen LogP contribution in [0.4, 0.5) is 0 Å². The van der Waals surface area contributed by atoms with E-state index in [2.05, 4.69) is 0 Å². The average molecular weight is 437 g/mol. The van der Waals surface area contributed by atoms with Crippen LogP contribution in [0.15, 0.2) is 53.4 Å². The lowest BCUT2D eigenvalue weighted by molar-refractivity contribution is -0.134. The van der Waals surface area contributed by atoms with Crippen LogP contribution in [0.2, 0.25) is 5.02 Å². The van der Waals surface area contributed by atoms with Gasteiger partial charge in [0.15, 0.2) is 12.4 Å². The predicted octanol–water partition coefficient (Wildman–Crippen LogP) is 2.45. The molecule has 0 radical (unpaired) electrons. The first kappa shape index (κ1) is 21.3. The van der Waals surface area contributed by atoms with Crippen molar-refractivity contribution in [3.05, 3.63) is 59.1 Å². The fraction of sp³-hybridized carbons (Fsp3) is 0.300. The first-order chi connectivity index (χ1) is 13.8. The molecule has 0 spiro atoms. The van der Waals surface area contributed by atoms with Crippen molar-refractivity contribution >= 4 is 33.3 Å². The number of Topliss-reactive ketones (excluding diaryl/α,β-unsaturated/α-hetero) is 1. The van der Waals surface area contributed by atoms with Crippen LogP contribution in [0, 0.1) is 0 Å². The Balaban J connectivity index is 1.52. The van der Waals surface area contributed by atoms with Crippen LogP contribution in [0.25, 0.3) is 0 Å². The molecule has 2 aromatic rings. The number of benzene rings is 2. The Hall–Kier alpha value is -2.42. The molecule has 0 bridgehead atoms. The molecule has 0 aliphatic carbocycles. The van der Waals surface area contributed by atoms with Gasteiger partial charge >= 0.3 is 0 Å². The molecule has 1 aliphatic heterocycles. The number of halogens is 1. The highest BCUT2D eigenvalue weighted by molar-refractivity contribution is 7.89. The van der Waals surface area contributed by atoms with E-state index in [1.165, 1.54) is 35.5 Å². The number of sulfonamides is 1. The predicted molar refractivity (Wildman–Crippen MR) is 109 cm³/mol. The quantitative estimate of drug-likeness (QED) is 0.649. The topological polar surface area (TPSA) is 84.0 Å². The summed E-state index contributed by atoms with van der Waals surface area (Å²) in [5, 5.41) is 0.468. The fourth-order valence-corrected chi connectivity index (χ4v) is 4.50. The van der Waals surface area contributed by atoms with Crippen molar-refractivity contribution in [3.63, 3.8) is 0 Å². The van der Waals surface area contributed by atoms with Crippen molar-refractivity contribution in [3.8, 4) is 5.75 Å². The number of nitrogens with zero attached hydrogens (tertiary/aromatic N) is 2. The number of carbonyl (C=O) groups excluding carboxylic acids is 2. The van der Waals surface area contributed by atoms with Gasteiger partial charge in [0.2, 0.25) is 10.0 Å². The van der Waals surface area contributed by atoms with Gasteiger partial charge in [-0.25, -0.2) is 8.42 Å². The van der Waals surface area contributed by atoms with Gasteiger partial charge in [0, 0.05) is 36.8 Å². The molecule has 0 unspecified atom stereocenters. The molecule has 7 nitrogen and oxygen atoms in total. The van der Waals surface area contributed by atoms with Gasteiger partial charge in [-0.15, -0.1) is 0 Å². The zero-order valence-electron chi connectivity index (χ0n) is 15.9. The highest BCUT2D eigenvalue weighted by atomic mass is 35.5. The SMILES string of the molecule is CC(=O)c1ccc(OCC(=O)N2CCN(S(=O)(=O)c3ccc(Cl)cc3)CC2)cc1. The van der Waals surface area contributed by atoms with E-state index >= 15 is 0 Å². The van der Waals surface area contributed by atoms with E-state index in [9.17, 15) is 18.0 Å². The van der Waals surface area contributed by atoms with Gasteiger partial charge in [-0.3, -0.25) is 9.59 Å². The van der Waals surface area contributed by atoms with E-state index in [4.69, 9.17) is 16.3 Å². The van der Waals surface area contributed by atoms with Gasteiger partial charge in [-0.05, 0) is 55.5 Å². The molecule has 0 N–H and O–H groups in total. The molecule has 3 rings (SSSR count). The standard InChI is InChI=1S/C20H21ClN2O5S/c1-15(24)16-2-6-18(7-3-16)28-14-20(25)22-10-12-23(13-11-22)29(26,27)19-8-4-17(21)5-9-19/h2-9H,10-14H2,1H3. The largest absolute Gasteiger partial charge is 0.484 e. The van der Waals surface area contributed by atoms with E-state index in [1.54, 1.807) is 29.2 Å². The molecule has 1 aliphatic rings. The summed E-state index contributed by atoms with van der Waals surface area (Å²) in [6.45, 7) is 2.33. The Kier molecular flexibility index (Phi) is 6.56. The molecular weight excluding hydrogens is 416 g/mol. The fourth-order valence-electron chi connectivity index (χ4n) is 2.96. The molecule has 1 heterocycles. The maximum absolute atomic E-state index is 12.7. The van der Waals surface area contributed by atoms with E-state index in [0.717, 1.165) is 0 Å². The lowest BCUT2D eigenvalue weighted by atomic mass is 10.1. The summed E-state index contributed by atoms with van der Waals surface area (Å²) >= 11 is 5.82. The lowest BCUT2D eigenvalue weighted by Gasteiger charge is -2.34. The summed E-state index contributed by atoms with van der Waals surface area (Å²) in [6.07, 6.45) is 0. The molecular formula is C20H21ClN2O5S. The smallest absolute Gasteiger partial charge is 0.260 e. The number of hydrogen-bond donors (Lipinski definition) is 0. The minimum Gasteiger partial charge on any atom is -0.484 e. The number of rotatable bonds is 6. The first-order valence-corrected chi connectivity index (χ1v) is 10.9. The number of ether oxygens (including phenoxy) is 1. The van der Waals surface area contributed by atoms with Crippen molar-refractivity contribution < 1.29 is 22.7 Å². The number of ketones is 1. The van der Waals surface area contributed by atoms with Gasteiger partial charge in [-0.2, -0.15) is 4.31 Å². The Labute approximate surface area is 174 Å². The van der Waals surface area contributed by atoms with Crippen LogP contribution < -0.4 is 4.74 Å². The van der Waals surface area contributed by atoms with Crippen molar-refractivity contribution in [2.75, 3.05) is 32.8 Å². The van der Waals surface area contributed by atoms with Crippen LogP contribution in [0.5, 0.6) is 5.75 Å². The molecule has 0 atom stereocenters. The van der Waals surface area contributed by atoms with Crippen LogP contribution in [0.1, 0.15) is 17.3 Å². The molecule has 1 saturated heterocycles. The molecule has 1 amide bonds. The molecule has 154 valence electrons. The highest BCUT2D eigenvalue weighted by Gasteiger charge is 2.30. The van der Waals surface area contributed by atoms with E-state index < -0.39 is 10.0 Å². The minimum atomic E-state index is -3.62. The summed E-state index contributed by atoms with van der Waals surface area (Å²) in [6, 6.07) is 12.6. The second-order valence-corrected chi connectivity index (χ2v) is 8.98. The second-order valence-electron chi connectivity index (χ2n) is 6.61. The zero-order chi connectivity index (χ0) is 21.0. The van der Waals surface area contributed by atoms with Crippen LogP contribution in [-0.4, -0.2) is 62.1 Å². The summed E-state index contributed by atoms with van der Waals surface area (Å²) < 4.78 is 32.2.